The van der Waals surface area contributed by atoms with Crippen LogP contribution in [0.15, 0.2) is 36.7 Å². The van der Waals surface area contributed by atoms with Crippen molar-refractivity contribution in [2.24, 2.45) is 0 Å². The van der Waals surface area contributed by atoms with Gasteiger partial charge in [0, 0.05) is 31.7 Å². The number of aromatic nitrogens is 2. The highest BCUT2D eigenvalue weighted by Gasteiger charge is 2.09. The van der Waals surface area contributed by atoms with Crippen molar-refractivity contribution in [3.63, 3.8) is 0 Å². The summed E-state index contributed by atoms with van der Waals surface area (Å²) in [6, 6.07) is 8.78. The second-order valence-corrected chi connectivity index (χ2v) is 5.19. The zero-order chi connectivity index (χ0) is 16.7. The van der Waals surface area contributed by atoms with Gasteiger partial charge in [0.2, 0.25) is 5.95 Å². The standard InChI is InChI=1S/C17H19N5O/c1-3-4-8-22(2)17-19-11-14(12-20-17)16(23)21-15-7-5-6-13(9-15)10-18/h5-7,9,11-12H,3-4,8H2,1-2H3,(H,21,23). The maximum atomic E-state index is 12.2. The monoisotopic (exact) mass is 309 g/mol. The van der Waals surface area contributed by atoms with Crippen LogP contribution < -0.4 is 10.2 Å². The summed E-state index contributed by atoms with van der Waals surface area (Å²) in [5, 5.41) is 11.6. The summed E-state index contributed by atoms with van der Waals surface area (Å²) in [6.07, 6.45) is 5.19. The second-order valence-electron chi connectivity index (χ2n) is 5.19. The minimum atomic E-state index is -0.303. The molecule has 1 N–H and O–H groups in total. The number of anilines is 2. The summed E-state index contributed by atoms with van der Waals surface area (Å²) in [4.78, 5) is 22.6. The number of nitrogens with one attached hydrogen (secondary N) is 1. The topological polar surface area (TPSA) is 81.9 Å². The molecule has 1 amide bonds. The van der Waals surface area contributed by atoms with Gasteiger partial charge >= 0.3 is 0 Å². The third kappa shape index (κ3) is 4.51. The average molecular weight is 309 g/mol. The van der Waals surface area contributed by atoms with E-state index >= 15 is 0 Å². The SMILES string of the molecule is CCCCN(C)c1ncc(C(=O)Nc2cccc(C#N)c2)cn1. The highest BCUT2D eigenvalue weighted by Crippen LogP contribution is 2.12. The van der Waals surface area contributed by atoms with Crippen molar-refractivity contribution in [1.82, 2.24) is 9.97 Å². The molecule has 0 aliphatic heterocycles. The summed E-state index contributed by atoms with van der Waals surface area (Å²) in [6.45, 7) is 3.01. The minimum absolute atomic E-state index is 0.303. The van der Waals surface area contributed by atoms with E-state index in [2.05, 4.69) is 22.2 Å². The number of benzene rings is 1. The number of nitrogens with zero attached hydrogens (tertiary/aromatic N) is 4. The van der Waals surface area contributed by atoms with Crippen LogP contribution in [0, 0.1) is 11.3 Å². The van der Waals surface area contributed by atoms with E-state index < -0.39 is 0 Å². The zero-order valence-electron chi connectivity index (χ0n) is 13.3. The van der Waals surface area contributed by atoms with Crippen LogP contribution in [0.1, 0.15) is 35.7 Å². The minimum Gasteiger partial charge on any atom is -0.344 e. The van der Waals surface area contributed by atoms with Crippen molar-refractivity contribution >= 4 is 17.5 Å². The summed E-state index contributed by atoms with van der Waals surface area (Å²) in [7, 11) is 1.93. The van der Waals surface area contributed by atoms with Crippen LogP contribution in [0.25, 0.3) is 0 Å². The molecule has 1 aromatic heterocycles. The van der Waals surface area contributed by atoms with Crippen molar-refractivity contribution in [3.05, 3.63) is 47.8 Å². The highest BCUT2D eigenvalue weighted by molar-refractivity contribution is 6.03. The predicted molar refractivity (Wildman–Crippen MR) is 89.3 cm³/mol. The number of unbranched alkanes of at least 4 members (excludes halogenated alkanes) is 1. The molecule has 0 bridgehead atoms. The smallest absolute Gasteiger partial charge is 0.258 e. The van der Waals surface area contributed by atoms with Crippen molar-refractivity contribution in [2.45, 2.75) is 19.8 Å². The van der Waals surface area contributed by atoms with Crippen LogP contribution in [0.5, 0.6) is 0 Å². The average Bonchev–Trinajstić information content (AvgIpc) is 2.60. The second kappa shape index (κ2) is 7.90. The van der Waals surface area contributed by atoms with E-state index in [0.717, 1.165) is 19.4 Å². The number of hydrogen-bond acceptors (Lipinski definition) is 5. The lowest BCUT2D eigenvalue weighted by Crippen LogP contribution is -2.21. The van der Waals surface area contributed by atoms with Crippen molar-refractivity contribution in [2.75, 3.05) is 23.8 Å². The first-order chi connectivity index (χ1) is 11.1. The molecule has 0 saturated heterocycles. The molecule has 118 valence electrons. The van der Waals surface area contributed by atoms with Gasteiger partial charge in [-0.15, -0.1) is 0 Å². The van der Waals surface area contributed by atoms with Gasteiger partial charge in [0.15, 0.2) is 0 Å². The van der Waals surface area contributed by atoms with E-state index in [0.29, 0.717) is 22.8 Å². The Balaban J connectivity index is 2.04. The number of carbonyl (C=O) groups excluding carboxylic acids is 1. The van der Waals surface area contributed by atoms with E-state index in [1.54, 1.807) is 24.3 Å². The van der Waals surface area contributed by atoms with E-state index in [1.807, 2.05) is 18.0 Å². The van der Waals surface area contributed by atoms with Crippen LogP contribution >= 0.6 is 0 Å². The molecule has 0 aliphatic carbocycles. The maximum absolute atomic E-state index is 12.2. The van der Waals surface area contributed by atoms with E-state index in [1.165, 1.54) is 12.4 Å². The van der Waals surface area contributed by atoms with Gasteiger partial charge in [0.25, 0.3) is 5.91 Å². The zero-order valence-corrected chi connectivity index (χ0v) is 13.3. The number of carbonyl (C=O) groups is 1. The Hall–Kier alpha value is -2.94. The first-order valence-electron chi connectivity index (χ1n) is 7.48. The maximum Gasteiger partial charge on any atom is 0.258 e. The van der Waals surface area contributed by atoms with Gasteiger partial charge in [-0.3, -0.25) is 4.79 Å². The molecule has 0 radical (unpaired) electrons. The molecule has 0 saturated carbocycles. The van der Waals surface area contributed by atoms with Crippen LogP contribution in [-0.4, -0.2) is 29.5 Å². The van der Waals surface area contributed by atoms with Gasteiger partial charge in [-0.25, -0.2) is 9.97 Å². The van der Waals surface area contributed by atoms with Crippen LogP contribution in [0.4, 0.5) is 11.6 Å². The van der Waals surface area contributed by atoms with Gasteiger partial charge in [-0.05, 0) is 24.6 Å². The summed E-state index contributed by atoms with van der Waals surface area (Å²) in [5.41, 5.74) is 1.44. The lowest BCUT2D eigenvalue weighted by Gasteiger charge is -2.16. The molecular weight excluding hydrogens is 290 g/mol. The molecule has 1 heterocycles. The molecule has 0 spiro atoms. The third-order valence-corrected chi connectivity index (χ3v) is 3.34. The van der Waals surface area contributed by atoms with Crippen LogP contribution in [0.2, 0.25) is 0 Å². The Labute approximate surface area is 135 Å². The van der Waals surface area contributed by atoms with Crippen molar-refractivity contribution in [3.8, 4) is 6.07 Å². The van der Waals surface area contributed by atoms with Gasteiger partial charge < -0.3 is 10.2 Å². The van der Waals surface area contributed by atoms with E-state index in [-0.39, 0.29) is 5.91 Å². The summed E-state index contributed by atoms with van der Waals surface area (Å²) < 4.78 is 0. The Bertz CT molecular complexity index is 706. The normalized spacial score (nSPS) is 9.96. The molecular formula is C17H19N5O. The molecule has 0 unspecified atom stereocenters. The fourth-order valence-corrected chi connectivity index (χ4v) is 2.00. The predicted octanol–water partition coefficient (Wildman–Crippen LogP) is 2.84. The summed E-state index contributed by atoms with van der Waals surface area (Å²) >= 11 is 0. The first-order valence-corrected chi connectivity index (χ1v) is 7.48. The quantitative estimate of drug-likeness (QED) is 0.887. The lowest BCUT2D eigenvalue weighted by atomic mass is 10.2. The summed E-state index contributed by atoms with van der Waals surface area (Å²) in [5.74, 6) is 0.296. The molecule has 6 heteroatoms. The first kappa shape index (κ1) is 16.4. The third-order valence-electron chi connectivity index (χ3n) is 3.34. The lowest BCUT2D eigenvalue weighted by molar-refractivity contribution is 0.102. The Morgan fingerprint density at radius 1 is 1.35 bits per heavy atom. The molecule has 2 aromatic rings. The molecule has 1 aromatic carbocycles. The molecule has 6 nitrogen and oxygen atoms in total. The number of amides is 1. The number of nitriles is 1. The van der Waals surface area contributed by atoms with Crippen LogP contribution in [-0.2, 0) is 0 Å². The molecule has 0 fully saturated rings. The Kier molecular flexibility index (Phi) is 5.64. The molecule has 0 aliphatic rings. The fraction of sp³-hybridized carbons (Fsp3) is 0.294. The van der Waals surface area contributed by atoms with Gasteiger partial charge in [-0.2, -0.15) is 5.26 Å². The fourth-order valence-electron chi connectivity index (χ4n) is 2.00. The van der Waals surface area contributed by atoms with Crippen LogP contribution in [0.3, 0.4) is 0 Å². The van der Waals surface area contributed by atoms with Crippen molar-refractivity contribution < 1.29 is 4.79 Å². The van der Waals surface area contributed by atoms with Gasteiger partial charge in [0.1, 0.15) is 0 Å². The number of hydrogen-bond donors (Lipinski definition) is 1. The Morgan fingerprint density at radius 2 is 2.09 bits per heavy atom. The molecule has 0 atom stereocenters. The Morgan fingerprint density at radius 3 is 2.74 bits per heavy atom. The van der Waals surface area contributed by atoms with E-state index in [9.17, 15) is 4.79 Å². The van der Waals surface area contributed by atoms with Crippen molar-refractivity contribution in [1.29, 1.82) is 5.26 Å². The largest absolute Gasteiger partial charge is 0.344 e. The van der Waals surface area contributed by atoms with Gasteiger partial charge in [0.05, 0.1) is 17.2 Å². The molecule has 2 rings (SSSR count). The highest BCUT2D eigenvalue weighted by atomic mass is 16.1. The number of rotatable bonds is 6. The van der Waals surface area contributed by atoms with Gasteiger partial charge in [-0.1, -0.05) is 19.4 Å². The molecule has 23 heavy (non-hydrogen) atoms. The van der Waals surface area contributed by atoms with E-state index in [4.69, 9.17) is 5.26 Å².